The van der Waals surface area contributed by atoms with Gasteiger partial charge in [-0.05, 0) is 47.0 Å². The van der Waals surface area contributed by atoms with Gasteiger partial charge in [-0.3, -0.25) is 14.6 Å². The van der Waals surface area contributed by atoms with Crippen molar-refractivity contribution < 1.29 is 14.7 Å². The summed E-state index contributed by atoms with van der Waals surface area (Å²) < 4.78 is 1.68. The maximum atomic E-state index is 13.5. The van der Waals surface area contributed by atoms with E-state index in [0.29, 0.717) is 15.9 Å². The Morgan fingerprint density at radius 2 is 2.10 bits per heavy atom. The summed E-state index contributed by atoms with van der Waals surface area (Å²) >= 11 is 12.5. The van der Waals surface area contributed by atoms with E-state index in [-0.39, 0.29) is 12.1 Å². The number of carboxylic acids is 1. The van der Waals surface area contributed by atoms with Crippen LogP contribution in [0.2, 0.25) is 5.02 Å². The maximum absolute atomic E-state index is 13.5. The molecule has 1 unspecified atom stereocenters. The first-order valence-electron chi connectivity index (χ1n) is 9.61. The molecule has 1 fully saturated rings. The van der Waals surface area contributed by atoms with Crippen LogP contribution in [0, 0.1) is 5.92 Å². The smallest absolute Gasteiger partial charge is 0.330 e. The van der Waals surface area contributed by atoms with Gasteiger partial charge in [0.05, 0.1) is 21.3 Å². The van der Waals surface area contributed by atoms with Crippen molar-refractivity contribution in [2.75, 3.05) is 22.6 Å². The van der Waals surface area contributed by atoms with Crippen molar-refractivity contribution in [1.82, 2.24) is 4.98 Å². The molecule has 30 heavy (non-hydrogen) atoms. The van der Waals surface area contributed by atoms with E-state index >= 15 is 0 Å². The van der Waals surface area contributed by atoms with Crippen LogP contribution in [0.4, 0.5) is 15.6 Å². The van der Waals surface area contributed by atoms with Crippen LogP contribution in [0.15, 0.2) is 33.1 Å². The lowest BCUT2D eigenvalue weighted by Gasteiger charge is -2.32. The Balaban J connectivity index is 1.79. The first kappa shape index (κ1) is 23.4. The third-order valence-electron chi connectivity index (χ3n) is 5.02. The van der Waals surface area contributed by atoms with Crippen molar-refractivity contribution in [2.45, 2.75) is 42.9 Å². The molecule has 0 radical (unpaired) electrons. The van der Waals surface area contributed by atoms with E-state index in [2.05, 4.69) is 20.9 Å². The highest BCUT2D eigenvalue weighted by molar-refractivity contribution is 9.10. The standard InChI is InChI=1S/C20H23BrClN3O3S2/c1-12(18(26)27)11-29-17-10-23-19(30-17)24(2)20(28)25(13-5-3-4-6-13)14-7-8-15(21)16(22)9-14/h7-10,12-13H,3-6,11H2,1-2H3,(H,26,27). The van der Waals surface area contributed by atoms with Crippen LogP contribution in [0.1, 0.15) is 32.6 Å². The average Bonchev–Trinajstić information content (AvgIpc) is 3.40. The molecule has 6 nitrogen and oxygen atoms in total. The minimum atomic E-state index is -0.820. The molecule has 0 bridgehead atoms. The van der Waals surface area contributed by atoms with Gasteiger partial charge in [0.15, 0.2) is 5.13 Å². The van der Waals surface area contributed by atoms with Crippen LogP contribution < -0.4 is 9.80 Å². The molecule has 1 aromatic heterocycles. The van der Waals surface area contributed by atoms with Crippen LogP contribution in [0.3, 0.4) is 0 Å². The number of nitrogens with zero attached hydrogens (tertiary/aromatic N) is 3. The maximum Gasteiger partial charge on any atom is 0.330 e. The number of amides is 2. The molecule has 1 aliphatic carbocycles. The van der Waals surface area contributed by atoms with Gasteiger partial charge >= 0.3 is 12.0 Å². The number of thiazole rings is 1. The minimum Gasteiger partial charge on any atom is -0.481 e. The normalized spacial score (nSPS) is 15.2. The number of aromatic nitrogens is 1. The van der Waals surface area contributed by atoms with Gasteiger partial charge in [0.25, 0.3) is 0 Å². The van der Waals surface area contributed by atoms with Crippen molar-refractivity contribution in [3.05, 3.63) is 33.9 Å². The van der Waals surface area contributed by atoms with Gasteiger partial charge in [-0.25, -0.2) is 9.78 Å². The number of hydrogen-bond acceptors (Lipinski definition) is 5. The summed E-state index contributed by atoms with van der Waals surface area (Å²) in [7, 11) is 1.72. The molecule has 1 aliphatic rings. The first-order chi connectivity index (χ1) is 14.3. The number of thioether (sulfide) groups is 1. The second-order valence-electron chi connectivity index (χ2n) is 7.26. The molecule has 0 aliphatic heterocycles. The third-order valence-corrected chi connectivity index (χ3v) is 8.78. The number of urea groups is 1. The van der Waals surface area contributed by atoms with Gasteiger partial charge in [-0.1, -0.05) is 42.7 Å². The summed E-state index contributed by atoms with van der Waals surface area (Å²) in [5.41, 5.74) is 0.772. The van der Waals surface area contributed by atoms with Crippen molar-refractivity contribution in [2.24, 2.45) is 5.92 Å². The van der Waals surface area contributed by atoms with E-state index in [4.69, 9.17) is 16.7 Å². The lowest BCUT2D eigenvalue weighted by molar-refractivity contribution is -0.140. The zero-order chi connectivity index (χ0) is 21.8. The molecule has 162 valence electrons. The van der Waals surface area contributed by atoms with E-state index in [1.165, 1.54) is 23.1 Å². The van der Waals surface area contributed by atoms with Crippen LogP contribution in [0.25, 0.3) is 0 Å². The number of hydrogen-bond donors (Lipinski definition) is 1. The van der Waals surface area contributed by atoms with E-state index in [0.717, 1.165) is 40.1 Å². The van der Waals surface area contributed by atoms with Gasteiger partial charge < -0.3 is 5.11 Å². The number of aliphatic carboxylic acids is 1. The Hall–Kier alpha value is -1.29. The Kier molecular flexibility index (Phi) is 8.06. The molecule has 0 saturated heterocycles. The molecule has 3 rings (SSSR count). The van der Waals surface area contributed by atoms with E-state index in [1.807, 2.05) is 23.1 Å². The molecule has 1 aromatic carbocycles. The second-order valence-corrected chi connectivity index (χ2v) is 10.9. The zero-order valence-corrected chi connectivity index (χ0v) is 20.7. The number of rotatable bonds is 7. The van der Waals surface area contributed by atoms with Gasteiger partial charge in [0.2, 0.25) is 0 Å². The predicted octanol–water partition coefficient (Wildman–Crippen LogP) is 6.38. The van der Waals surface area contributed by atoms with Gasteiger partial charge in [-0.2, -0.15) is 0 Å². The average molecular weight is 533 g/mol. The third kappa shape index (κ3) is 5.49. The van der Waals surface area contributed by atoms with Crippen LogP contribution in [-0.2, 0) is 4.79 Å². The lowest BCUT2D eigenvalue weighted by Crippen LogP contribution is -2.46. The first-order valence-corrected chi connectivity index (χ1v) is 12.6. The fourth-order valence-corrected chi connectivity index (χ4v) is 5.64. The summed E-state index contributed by atoms with van der Waals surface area (Å²) in [6, 6.07) is 5.55. The Morgan fingerprint density at radius 1 is 1.40 bits per heavy atom. The summed E-state index contributed by atoms with van der Waals surface area (Å²) in [6.07, 6.45) is 5.81. The van der Waals surface area contributed by atoms with Crippen LogP contribution >= 0.6 is 50.6 Å². The highest BCUT2D eigenvalue weighted by Crippen LogP contribution is 2.36. The Morgan fingerprint density at radius 3 is 2.73 bits per heavy atom. The highest BCUT2D eigenvalue weighted by atomic mass is 79.9. The number of benzene rings is 1. The molecule has 0 spiro atoms. The fourth-order valence-electron chi connectivity index (χ4n) is 3.27. The van der Waals surface area contributed by atoms with Gasteiger partial charge in [0.1, 0.15) is 0 Å². The zero-order valence-electron chi connectivity index (χ0n) is 16.7. The van der Waals surface area contributed by atoms with E-state index in [9.17, 15) is 9.59 Å². The minimum absolute atomic E-state index is 0.127. The molecule has 2 amide bonds. The Bertz CT molecular complexity index is 920. The van der Waals surface area contributed by atoms with Crippen molar-refractivity contribution >= 4 is 73.4 Å². The van der Waals surface area contributed by atoms with Gasteiger partial charge in [-0.15, -0.1) is 11.8 Å². The Labute approximate surface area is 197 Å². The van der Waals surface area contributed by atoms with Crippen LogP contribution in [-0.4, -0.2) is 40.9 Å². The molecule has 1 saturated carbocycles. The summed E-state index contributed by atoms with van der Waals surface area (Å²) in [4.78, 5) is 32.3. The summed E-state index contributed by atoms with van der Waals surface area (Å²) in [5, 5.41) is 10.2. The highest BCUT2D eigenvalue weighted by Gasteiger charge is 2.31. The van der Waals surface area contributed by atoms with Crippen molar-refractivity contribution in [3.8, 4) is 0 Å². The number of anilines is 2. The fraction of sp³-hybridized carbons (Fsp3) is 0.450. The van der Waals surface area contributed by atoms with E-state index < -0.39 is 11.9 Å². The number of carbonyl (C=O) groups excluding carboxylic acids is 1. The molecular formula is C20H23BrClN3O3S2. The second kappa shape index (κ2) is 10.3. The molecule has 2 aromatic rings. The molecule has 1 heterocycles. The number of carboxylic acid groups (broad SMARTS) is 1. The summed E-state index contributed by atoms with van der Waals surface area (Å²) in [5.74, 6) is -0.806. The van der Waals surface area contributed by atoms with Crippen molar-refractivity contribution in [1.29, 1.82) is 0 Å². The SMILES string of the molecule is CC(CSc1cnc(N(C)C(=O)N(c2ccc(Br)c(Cl)c2)C2CCCC2)s1)C(=O)O. The molecule has 1 atom stereocenters. The molecule has 10 heteroatoms. The molecular weight excluding hydrogens is 510 g/mol. The number of halogens is 2. The monoisotopic (exact) mass is 531 g/mol. The lowest BCUT2D eigenvalue weighted by atomic mass is 10.2. The summed E-state index contributed by atoms with van der Waals surface area (Å²) in [6.45, 7) is 1.68. The quantitative estimate of drug-likeness (QED) is 0.419. The molecule has 1 N–H and O–H groups in total. The van der Waals surface area contributed by atoms with Crippen molar-refractivity contribution in [3.63, 3.8) is 0 Å². The van der Waals surface area contributed by atoms with E-state index in [1.54, 1.807) is 25.1 Å². The van der Waals surface area contributed by atoms with Crippen LogP contribution in [0.5, 0.6) is 0 Å². The predicted molar refractivity (Wildman–Crippen MR) is 127 cm³/mol. The number of carbonyl (C=O) groups is 2. The largest absolute Gasteiger partial charge is 0.481 e. The van der Waals surface area contributed by atoms with Gasteiger partial charge in [0, 0.05) is 29.0 Å². The topological polar surface area (TPSA) is 73.7 Å².